The summed E-state index contributed by atoms with van der Waals surface area (Å²) < 4.78 is 0. The minimum absolute atomic E-state index is 0.0100. The summed E-state index contributed by atoms with van der Waals surface area (Å²) in [6.45, 7) is 8.00. The lowest BCUT2D eigenvalue weighted by Crippen LogP contribution is -2.15. The van der Waals surface area contributed by atoms with Crippen LogP contribution in [0.15, 0.2) is 36.4 Å². The van der Waals surface area contributed by atoms with E-state index in [9.17, 15) is 9.59 Å². The lowest BCUT2D eigenvalue weighted by atomic mass is 9.87. The molecule has 100 valence electrons. The SMILES string of the molecule is CC.CC.O=C1CC(=O)c2cccc3cccc1c23. The molecule has 0 aliphatic heterocycles. The summed E-state index contributed by atoms with van der Waals surface area (Å²) in [6.07, 6.45) is 0.0100. The molecule has 0 fully saturated rings. The Morgan fingerprint density at radius 1 is 0.737 bits per heavy atom. The smallest absolute Gasteiger partial charge is 0.171 e. The van der Waals surface area contributed by atoms with Crippen molar-refractivity contribution in [3.63, 3.8) is 0 Å². The molecule has 2 aromatic rings. The van der Waals surface area contributed by atoms with Crippen molar-refractivity contribution in [2.24, 2.45) is 0 Å². The van der Waals surface area contributed by atoms with Crippen molar-refractivity contribution in [3.05, 3.63) is 47.5 Å². The van der Waals surface area contributed by atoms with Crippen LogP contribution >= 0.6 is 0 Å². The molecule has 1 aliphatic rings. The summed E-state index contributed by atoms with van der Waals surface area (Å²) in [6, 6.07) is 11.1. The van der Waals surface area contributed by atoms with Crippen molar-refractivity contribution in [3.8, 4) is 0 Å². The van der Waals surface area contributed by atoms with Crippen LogP contribution in [-0.2, 0) is 0 Å². The van der Waals surface area contributed by atoms with Crippen LogP contribution in [0, 0.1) is 0 Å². The van der Waals surface area contributed by atoms with Gasteiger partial charge in [0.25, 0.3) is 0 Å². The van der Waals surface area contributed by atoms with Crippen LogP contribution < -0.4 is 0 Å². The molecule has 0 saturated heterocycles. The third-order valence-electron chi connectivity index (χ3n) is 2.83. The van der Waals surface area contributed by atoms with Gasteiger partial charge in [0.15, 0.2) is 11.6 Å². The fourth-order valence-corrected chi connectivity index (χ4v) is 2.14. The molecule has 1 aliphatic carbocycles. The van der Waals surface area contributed by atoms with Crippen LogP contribution in [0.5, 0.6) is 0 Å². The molecule has 19 heavy (non-hydrogen) atoms. The normalized spacial score (nSPS) is 12.2. The Bertz CT molecular complexity index is 548. The lowest BCUT2D eigenvalue weighted by molar-refractivity contribution is 0.0890. The van der Waals surface area contributed by atoms with E-state index < -0.39 is 0 Å². The maximum atomic E-state index is 11.7. The van der Waals surface area contributed by atoms with Gasteiger partial charge in [-0.2, -0.15) is 0 Å². The lowest BCUT2D eigenvalue weighted by Gasteiger charge is -2.14. The molecular formula is C17H20O2. The molecule has 0 saturated carbocycles. The third-order valence-corrected chi connectivity index (χ3v) is 2.83. The van der Waals surface area contributed by atoms with Crippen molar-refractivity contribution < 1.29 is 9.59 Å². The predicted octanol–water partition coefficient (Wildman–Crippen LogP) is 4.66. The van der Waals surface area contributed by atoms with Crippen molar-refractivity contribution in [1.82, 2.24) is 0 Å². The monoisotopic (exact) mass is 256 g/mol. The highest BCUT2D eigenvalue weighted by Gasteiger charge is 2.24. The first-order valence-electron chi connectivity index (χ1n) is 6.85. The van der Waals surface area contributed by atoms with E-state index in [0.717, 1.165) is 10.8 Å². The largest absolute Gasteiger partial charge is 0.294 e. The van der Waals surface area contributed by atoms with Gasteiger partial charge >= 0.3 is 0 Å². The first-order valence-corrected chi connectivity index (χ1v) is 6.85. The number of ketones is 2. The summed E-state index contributed by atoms with van der Waals surface area (Å²) in [4.78, 5) is 23.3. The molecule has 0 spiro atoms. The van der Waals surface area contributed by atoms with Gasteiger partial charge in [0.2, 0.25) is 0 Å². The van der Waals surface area contributed by atoms with E-state index in [2.05, 4.69) is 0 Å². The third kappa shape index (κ3) is 2.73. The van der Waals surface area contributed by atoms with E-state index in [1.807, 2.05) is 52.0 Å². The van der Waals surface area contributed by atoms with Crippen LogP contribution in [0.1, 0.15) is 54.8 Å². The summed E-state index contributed by atoms with van der Waals surface area (Å²) >= 11 is 0. The average Bonchev–Trinajstić information content (AvgIpc) is 2.49. The fraction of sp³-hybridized carbons (Fsp3) is 0.294. The van der Waals surface area contributed by atoms with Crippen molar-refractivity contribution in [1.29, 1.82) is 0 Å². The van der Waals surface area contributed by atoms with Gasteiger partial charge in [0.1, 0.15) is 0 Å². The number of hydrogen-bond acceptors (Lipinski definition) is 2. The second-order valence-corrected chi connectivity index (χ2v) is 3.73. The molecule has 0 heterocycles. The zero-order valence-electron chi connectivity index (χ0n) is 12.0. The fourth-order valence-electron chi connectivity index (χ4n) is 2.14. The number of carbonyl (C=O) groups is 2. The van der Waals surface area contributed by atoms with E-state index >= 15 is 0 Å². The van der Waals surface area contributed by atoms with Gasteiger partial charge in [0, 0.05) is 16.5 Å². The molecule has 0 atom stereocenters. The van der Waals surface area contributed by atoms with E-state index in [-0.39, 0.29) is 18.0 Å². The maximum absolute atomic E-state index is 11.7. The van der Waals surface area contributed by atoms with Gasteiger partial charge < -0.3 is 0 Å². The molecular weight excluding hydrogens is 236 g/mol. The molecule has 0 aromatic heterocycles. The Morgan fingerprint density at radius 2 is 1.16 bits per heavy atom. The number of Topliss-reactive ketones (excluding diaryl/α,β-unsaturated/α-hetero) is 2. The Labute approximate surface area is 114 Å². The van der Waals surface area contributed by atoms with Gasteiger partial charge in [-0.15, -0.1) is 0 Å². The Hall–Kier alpha value is -1.96. The number of carbonyl (C=O) groups excluding carboxylic acids is 2. The standard InChI is InChI=1S/C13H8O2.2C2H6/c14-11-7-12(15)10-6-2-4-8-3-1-5-9(11)13(8)10;2*1-2/h1-6H,7H2;2*1-2H3. The Balaban J connectivity index is 0.000000415. The minimum atomic E-state index is -0.0655. The van der Waals surface area contributed by atoms with E-state index in [0.29, 0.717) is 11.1 Å². The molecule has 2 heteroatoms. The summed E-state index contributed by atoms with van der Waals surface area (Å²) in [5, 5.41) is 1.78. The first-order chi connectivity index (χ1) is 9.27. The highest BCUT2D eigenvalue weighted by atomic mass is 16.1. The van der Waals surface area contributed by atoms with E-state index in [1.54, 1.807) is 12.1 Å². The zero-order chi connectivity index (χ0) is 14.4. The highest BCUT2D eigenvalue weighted by Crippen LogP contribution is 2.29. The van der Waals surface area contributed by atoms with Crippen molar-refractivity contribution in [2.75, 3.05) is 0 Å². The van der Waals surface area contributed by atoms with Gasteiger partial charge in [0.05, 0.1) is 6.42 Å². The van der Waals surface area contributed by atoms with Gasteiger partial charge in [-0.05, 0) is 5.39 Å². The maximum Gasteiger partial charge on any atom is 0.171 e. The second kappa shape index (κ2) is 6.83. The van der Waals surface area contributed by atoms with Gasteiger partial charge in [-0.25, -0.2) is 0 Å². The van der Waals surface area contributed by atoms with Crippen molar-refractivity contribution >= 4 is 22.3 Å². The highest BCUT2D eigenvalue weighted by molar-refractivity contribution is 6.27. The van der Waals surface area contributed by atoms with Gasteiger partial charge in [-0.1, -0.05) is 64.1 Å². The molecule has 0 radical (unpaired) electrons. The number of rotatable bonds is 0. The molecule has 3 rings (SSSR count). The Morgan fingerprint density at radius 3 is 1.58 bits per heavy atom. The van der Waals surface area contributed by atoms with Crippen molar-refractivity contribution in [2.45, 2.75) is 34.1 Å². The molecule has 2 aromatic carbocycles. The number of benzene rings is 2. The van der Waals surface area contributed by atoms with Crippen LogP contribution in [0.2, 0.25) is 0 Å². The van der Waals surface area contributed by atoms with Crippen LogP contribution in [-0.4, -0.2) is 11.6 Å². The summed E-state index contributed by atoms with van der Waals surface area (Å²) in [5.74, 6) is -0.131. The average molecular weight is 256 g/mol. The van der Waals surface area contributed by atoms with Crippen LogP contribution in [0.4, 0.5) is 0 Å². The molecule has 0 N–H and O–H groups in total. The summed E-state index contributed by atoms with van der Waals surface area (Å²) in [7, 11) is 0. The van der Waals surface area contributed by atoms with E-state index in [4.69, 9.17) is 0 Å². The van der Waals surface area contributed by atoms with Crippen LogP contribution in [0.3, 0.4) is 0 Å². The summed E-state index contributed by atoms with van der Waals surface area (Å²) in [5.41, 5.74) is 1.37. The predicted molar refractivity (Wildman–Crippen MR) is 79.9 cm³/mol. The molecule has 2 nitrogen and oxygen atoms in total. The zero-order valence-corrected chi connectivity index (χ0v) is 12.0. The number of hydrogen-bond donors (Lipinski definition) is 0. The topological polar surface area (TPSA) is 34.1 Å². The Kier molecular flexibility index (Phi) is 5.43. The second-order valence-electron chi connectivity index (χ2n) is 3.73. The minimum Gasteiger partial charge on any atom is -0.294 e. The molecule has 0 bridgehead atoms. The molecule has 0 unspecified atom stereocenters. The van der Waals surface area contributed by atoms with E-state index in [1.165, 1.54) is 0 Å². The quantitative estimate of drug-likeness (QED) is 0.642. The molecule has 0 amide bonds. The first kappa shape index (κ1) is 15.1. The van der Waals surface area contributed by atoms with Gasteiger partial charge in [-0.3, -0.25) is 9.59 Å². The van der Waals surface area contributed by atoms with Crippen LogP contribution in [0.25, 0.3) is 10.8 Å².